The second kappa shape index (κ2) is 6.26. The van der Waals surface area contributed by atoms with Crippen molar-refractivity contribution in [2.45, 2.75) is 25.4 Å². The number of carbonyl (C=O) groups is 1. The summed E-state index contributed by atoms with van der Waals surface area (Å²) in [6, 6.07) is 7.69. The first-order chi connectivity index (χ1) is 11.4. The van der Waals surface area contributed by atoms with E-state index in [1.807, 2.05) is 42.1 Å². The van der Waals surface area contributed by atoms with Gasteiger partial charge in [-0.25, -0.2) is 4.68 Å². The maximum Gasteiger partial charge on any atom is 0.325 e. The van der Waals surface area contributed by atoms with Crippen LogP contribution in [0.3, 0.4) is 0 Å². The Bertz CT molecular complexity index is 741. The second-order valence-electron chi connectivity index (χ2n) is 6.29. The molecule has 1 atom stereocenters. The minimum absolute atomic E-state index is 0.357. The summed E-state index contributed by atoms with van der Waals surface area (Å²) < 4.78 is 7.04. The van der Waals surface area contributed by atoms with Crippen molar-refractivity contribution in [3.63, 3.8) is 0 Å². The quantitative estimate of drug-likeness (QED) is 0.855. The Morgan fingerprint density at radius 2 is 2.12 bits per heavy atom. The summed E-state index contributed by atoms with van der Waals surface area (Å²) in [4.78, 5) is 13.3. The largest absolute Gasteiger partial charge is 0.497 e. The third kappa shape index (κ3) is 3.00. The molecule has 2 aromatic rings. The smallest absolute Gasteiger partial charge is 0.325 e. The third-order valence-corrected chi connectivity index (χ3v) is 4.63. The average Bonchev–Trinajstić information content (AvgIpc) is 3.13. The molecule has 1 saturated heterocycles. The summed E-state index contributed by atoms with van der Waals surface area (Å²) in [5.74, 6) is -0.135. The lowest BCUT2D eigenvalue weighted by atomic mass is 10.0. The van der Waals surface area contributed by atoms with Crippen LogP contribution in [0.25, 0.3) is 5.69 Å². The Hall–Kier alpha value is -2.38. The fourth-order valence-electron chi connectivity index (χ4n) is 3.05. The Kier molecular flexibility index (Phi) is 4.29. The maximum atomic E-state index is 11.3. The lowest BCUT2D eigenvalue weighted by Crippen LogP contribution is -2.50. The van der Waals surface area contributed by atoms with Crippen molar-refractivity contribution >= 4 is 5.97 Å². The number of hydrogen-bond donors (Lipinski definition) is 2. The average molecular weight is 330 g/mol. The molecule has 3 rings (SSSR count). The Balaban J connectivity index is 1.75. The van der Waals surface area contributed by atoms with Gasteiger partial charge in [-0.05, 0) is 37.6 Å². The molecule has 1 aliphatic rings. The Morgan fingerprint density at radius 3 is 2.71 bits per heavy atom. The number of benzene rings is 1. The maximum absolute atomic E-state index is 11.3. The zero-order valence-corrected chi connectivity index (χ0v) is 13.9. The van der Waals surface area contributed by atoms with Crippen LogP contribution >= 0.6 is 0 Å². The van der Waals surface area contributed by atoms with E-state index in [0.717, 1.165) is 22.7 Å². The molecule has 1 aromatic heterocycles. The number of rotatable bonds is 5. The first kappa shape index (κ1) is 16.5. The molecular formula is C17H22N4O3. The van der Waals surface area contributed by atoms with Crippen molar-refractivity contribution < 1.29 is 14.6 Å². The van der Waals surface area contributed by atoms with E-state index >= 15 is 0 Å². The SMILES string of the molecule is COc1ccc(-n2ncc(CN3CCC(N)(C(=O)O)C3)c2C)cc1. The van der Waals surface area contributed by atoms with Crippen LogP contribution in [-0.2, 0) is 11.3 Å². The molecular weight excluding hydrogens is 308 g/mol. The summed E-state index contributed by atoms with van der Waals surface area (Å²) in [6.07, 6.45) is 2.30. The fourth-order valence-corrected chi connectivity index (χ4v) is 3.05. The monoisotopic (exact) mass is 330 g/mol. The van der Waals surface area contributed by atoms with Gasteiger partial charge in [0.25, 0.3) is 0 Å². The normalized spacial score (nSPS) is 21.1. The van der Waals surface area contributed by atoms with Crippen LogP contribution in [0, 0.1) is 6.92 Å². The third-order valence-electron chi connectivity index (χ3n) is 4.63. The summed E-state index contributed by atoms with van der Waals surface area (Å²) in [6.45, 7) is 3.69. The minimum atomic E-state index is -1.14. The molecule has 1 aliphatic heterocycles. The molecule has 0 bridgehead atoms. The van der Waals surface area contributed by atoms with Gasteiger partial charge in [0.15, 0.2) is 0 Å². The van der Waals surface area contributed by atoms with Crippen LogP contribution in [0.15, 0.2) is 30.5 Å². The van der Waals surface area contributed by atoms with Crippen LogP contribution in [0.5, 0.6) is 5.75 Å². The number of hydrogen-bond acceptors (Lipinski definition) is 5. The zero-order chi connectivity index (χ0) is 17.3. The van der Waals surface area contributed by atoms with E-state index in [1.165, 1.54) is 0 Å². The van der Waals surface area contributed by atoms with Crippen molar-refractivity contribution in [1.29, 1.82) is 0 Å². The van der Waals surface area contributed by atoms with Gasteiger partial charge in [0.05, 0.1) is 19.0 Å². The molecule has 1 fully saturated rings. The number of nitrogens with two attached hydrogens (primary N) is 1. The second-order valence-corrected chi connectivity index (χ2v) is 6.29. The molecule has 0 saturated carbocycles. The van der Waals surface area contributed by atoms with E-state index in [0.29, 0.717) is 26.1 Å². The van der Waals surface area contributed by atoms with Crippen molar-refractivity contribution in [3.05, 3.63) is 41.7 Å². The molecule has 2 heterocycles. The highest BCUT2D eigenvalue weighted by molar-refractivity contribution is 5.79. The van der Waals surface area contributed by atoms with Crippen molar-refractivity contribution in [3.8, 4) is 11.4 Å². The van der Waals surface area contributed by atoms with E-state index in [2.05, 4.69) is 10.00 Å². The summed E-state index contributed by atoms with van der Waals surface area (Å²) in [5.41, 5.74) is 7.85. The highest BCUT2D eigenvalue weighted by atomic mass is 16.5. The molecule has 7 heteroatoms. The van der Waals surface area contributed by atoms with Gasteiger partial charge in [0.1, 0.15) is 11.3 Å². The van der Waals surface area contributed by atoms with Gasteiger partial charge in [0.2, 0.25) is 0 Å². The summed E-state index contributed by atoms with van der Waals surface area (Å²) in [5, 5.41) is 13.7. The molecule has 128 valence electrons. The number of ether oxygens (including phenoxy) is 1. The lowest BCUT2D eigenvalue weighted by molar-refractivity contribution is -0.142. The molecule has 0 aliphatic carbocycles. The highest BCUT2D eigenvalue weighted by Crippen LogP contribution is 2.23. The van der Waals surface area contributed by atoms with Gasteiger partial charge in [-0.3, -0.25) is 9.69 Å². The van der Waals surface area contributed by atoms with E-state index in [-0.39, 0.29) is 0 Å². The van der Waals surface area contributed by atoms with Gasteiger partial charge >= 0.3 is 5.97 Å². The standard InChI is InChI=1S/C17H22N4O3/c1-12-13(10-20-8-7-17(18,11-20)16(22)23)9-19-21(12)14-3-5-15(24-2)6-4-14/h3-6,9H,7-8,10-11,18H2,1-2H3,(H,22,23). The van der Waals surface area contributed by atoms with E-state index < -0.39 is 11.5 Å². The van der Waals surface area contributed by atoms with Crippen molar-refractivity contribution in [1.82, 2.24) is 14.7 Å². The van der Waals surface area contributed by atoms with Crippen LogP contribution in [-0.4, -0.2) is 51.5 Å². The number of carboxylic acid groups (broad SMARTS) is 1. The molecule has 24 heavy (non-hydrogen) atoms. The molecule has 0 spiro atoms. The van der Waals surface area contributed by atoms with Gasteiger partial charge in [-0.1, -0.05) is 0 Å². The number of aliphatic carboxylic acids is 1. The number of carboxylic acids is 1. The van der Waals surface area contributed by atoms with Crippen LogP contribution in [0.2, 0.25) is 0 Å². The molecule has 0 amide bonds. The first-order valence-electron chi connectivity index (χ1n) is 7.85. The number of likely N-dealkylation sites (tertiary alicyclic amines) is 1. The predicted molar refractivity (Wildman–Crippen MR) is 89.3 cm³/mol. The molecule has 0 radical (unpaired) electrons. The Labute approximate surface area is 140 Å². The van der Waals surface area contributed by atoms with Crippen LogP contribution in [0.4, 0.5) is 0 Å². The van der Waals surface area contributed by atoms with Crippen molar-refractivity contribution in [2.75, 3.05) is 20.2 Å². The van der Waals surface area contributed by atoms with Gasteiger partial charge < -0.3 is 15.6 Å². The molecule has 1 unspecified atom stereocenters. The first-order valence-corrected chi connectivity index (χ1v) is 7.85. The van der Waals surface area contributed by atoms with E-state index in [9.17, 15) is 9.90 Å². The van der Waals surface area contributed by atoms with Crippen LogP contribution < -0.4 is 10.5 Å². The predicted octanol–water partition coefficient (Wildman–Crippen LogP) is 1.18. The summed E-state index contributed by atoms with van der Waals surface area (Å²) >= 11 is 0. The van der Waals surface area contributed by atoms with E-state index in [1.54, 1.807) is 7.11 Å². The minimum Gasteiger partial charge on any atom is -0.497 e. The summed E-state index contributed by atoms with van der Waals surface area (Å²) in [7, 11) is 1.64. The Morgan fingerprint density at radius 1 is 1.42 bits per heavy atom. The number of nitrogens with zero attached hydrogens (tertiary/aromatic N) is 3. The van der Waals surface area contributed by atoms with Gasteiger partial charge in [0, 0.05) is 30.9 Å². The van der Waals surface area contributed by atoms with Gasteiger partial charge in [-0.2, -0.15) is 5.10 Å². The zero-order valence-electron chi connectivity index (χ0n) is 13.9. The molecule has 1 aromatic carbocycles. The number of methoxy groups -OCH3 is 1. The molecule has 7 nitrogen and oxygen atoms in total. The number of aromatic nitrogens is 2. The lowest BCUT2D eigenvalue weighted by Gasteiger charge is -2.19. The highest BCUT2D eigenvalue weighted by Gasteiger charge is 2.41. The van der Waals surface area contributed by atoms with Gasteiger partial charge in [-0.15, -0.1) is 0 Å². The van der Waals surface area contributed by atoms with Crippen molar-refractivity contribution in [2.24, 2.45) is 5.73 Å². The van der Waals surface area contributed by atoms with Crippen LogP contribution in [0.1, 0.15) is 17.7 Å². The molecule has 3 N–H and O–H groups in total. The van der Waals surface area contributed by atoms with E-state index in [4.69, 9.17) is 10.5 Å². The fraction of sp³-hybridized carbons (Fsp3) is 0.412. The topological polar surface area (TPSA) is 93.6 Å².